The maximum Gasteiger partial charge on any atom is 0.258 e. The molecule has 0 bridgehead atoms. The highest BCUT2D eigenvalue weighted by atomic mass is 35.5. The average molecular weight is 441 g/mol. The Morgan fingerprint density at radius 2 is 1.90 bits per heavy atom. The van der Waals surface area contributed by atoms with E-state index in [1.165, 1.54) is 0 Å². The number of nitrogens with zero attached hydrogens (tertiary/aromatic N) is 2. The molecule has 2 N–H and O–H groups in total. The Labute approximate surface area is 185 Å². The number of nitrogens with one attached hydrogen (secondary N) is 2. The van der Waals surface area contributed by atoms with Crippen LogP contribution in [0.2, 0.25) is 5.02 Å². The fraction of sp³-hybridized carbons (Fsp3) is 0.435. The number of fused-ring (bicyclic) bond motifs is 1. The van der Waals surface area contributed by atoms with Gasteiger partial charge in [0.15, 0.2) is 5.78 Å². The van der Waals surface area contributed by atoms with Gasteiger partial charge in [-0.05, 0) is 23.5 Å². The van der Waals surface area contributed by atoms with E-state index >= 15 is 0 Å². The van der Waals surface area contributed by atoms with Crippen molar-refractivity contribution in [3.05, 3.63) is 62.0 Å². The van der Waals surface area contributed by atoms with Crippen LogP contribution in [0.4, 0.5) is 11.8 Å². The molecule has 5 rings (SSSR count). The lowest BCUT2D eigenvalue weighted by Crippen LogP contribution is -2.40. The van der Waals surface area contributed by atoms with Crippen molar-refractivity contribution in [3.63, 3.8) is 0 Å². The summed E-state index contributed by atoms with van der Waals surface area (Å²) < 4.78 is 5.42. The molecular formula is C23H25ClN4O3. The van der Waals surface area contributed by atoms with E-state index in [4.69, 9.17) is 21.3 Å². The van der Waals surface area contributed by atoms with Gasteiger partial charge in [0.05, 0.1) is 18.8 Å². The van der Waals surface area contributed by atoms with Gasteiger partial charge >= 0.3 is 0 Å². The van der Waals surface area contributed by atoms with Crippen LogP contribution >= 0.6 is 11.6 Å². The van der Waals surface area contributed by atoms with E-state index in [0.29, 0.717) is 67.1 Å². The molecule has 3 aliphatic rings. The molecule has 0 saturated carbocycles. The zero-order valence-corrected chi connectivity index (χ0v) is 18.4. The van der Waals surface area contributed by atoms with Gasteiger partial charge in [-0.1, -0.05) is 43.6 Å². The molecule has 1 aliphatic carbocycles. The summed E-state index contributed by atoms with van der Waals surface area (Å²) >= 11 is 6.56. The summed E-state index contributed by atoms with van der Waals surface area (Å²) in [5.41, 5.74) is 2.24. The Balaban J connectivity index is 1.70. The van der Waals surface area contributed by atoms with Gasteiger partial charge in [-0.25, -0.2) is 0 Å². The number of aromatic amines is 1. The summed E-state index contributed by atoms with van der Waals surface area (Å²) in [7, 11) is 0. The predicted octanol–water partition coefficient (Wildman–Crippen LogP) is 3.46. The first kappa shape index (κ1) is 20.3. The molecule has 0 radical (unpaired) electrons. The highest BCUT2D eigenvalue weighted by Crippen LogP contribution is 2.48. The van der Waals surface area contributed by atoms with E-state index in [1.54, 1.807) is 6.07 Å². The Hall–Kier alpha value is -2.64. The summed E-state index contributed by atoms with van der Waals surface area (Å²) in [5.74, 6) is 0.520. The van der Waals surface area contributed by atoms with Crippen LogP contribution in [0, 0.1) is 5.41 Å². The third-order valence-corrected chi connectivity index (χ3v) is 6.58. The minimum absolute atomic E-state index is 0.0472. The Bertz CT molecular complexity index is 1150. The Kier molecular flexibility index (Phi) is 4.90. The number of rotatable bonds is 2. The van der Waals surface area contributed by atoms with Crippen LogP contribution in [0.15, 0.2) is 40.3 Å². The number of ketones is 1. The molecule has 1 fully saturated rings. The van der Waals surface area contributed by atoms with Crippen LogP contribution in [0.5, 0.6) is 0 Å². The van der Waals surface area contributed by atoms with Crippen LogP contribution < -0.4 is 15.8 Å². The number of ether oxygens (including phenoxy) is 1. The first-order valence-corrected chi connectivity index (χ1v) is 11.0. The Morgan fingerprint density at radius 3 is 2.65 bits per heavy atom. The molecule has 1 unspecified atom stereocenters. The van der Waals surface area contributed by atoms with E-state index < -0.39 is 5.92 Å². The van der Waals surface area contributed by atoms with E-state index in [1.807, 2.05) is 23.1 Å². The van der Waals surface area contributed by atoms with Gasteiger partial charge in [0.1, 0.15) is 5.82 Å². The topological polar surface area (TPSA) is 87.3 Å². The summed E-state index contributed by atoms with van der Waals surface area (Å²) in [6.07, 6.45) is 1.14. The predicted molar refractivity (Wildman–Crippen MR) is 120 cm³/mol. The molecule has 3 heterocycles. The summed E-state index contributed by atoms with van der Waals surface area (Å²) in [6.45, 7) is 6.68. The number of allylic oxidation sites excluding steroid dienone is 2. The Morgan fingerprint density at radius 1 is 1.16 bits per heavy atom. The van der Waals surface area contributed by atoms with Gasteiger partial charge in [-0.3, -0.25) is 14.6 Å². The third-order valence-electron chi connectivity index (χ3n) is 6.24. The number of H-pyrrole nitrogens is 1. The number of carbonyl (C=O) groups excluding carboxylic acids is 1. The molecule has 8 heteroatoms. The lowest BCUT2D eigenvalue weighted by atomic mass is 9.69. The second-order valence-corrected chi connectivity index (χ2v) is 9.57. The largest absolute Gasteiger partial charge is 0.378 e. The van der Waals surface area contributed by atoms with Crippen molar-refractivity contribution in [1.29, 1.82) is 0 Å². The molecular weight excluding hydrogens is 416 g/mol. The van der Waals surface area contributed by atoms with Crippen LogP contribution in [0.3, 0.4) is 0 Å². The molecule has 0 spiro atoms. The van der Waals surface area contributed by atoms with Crippen LogP contribution in [-0.4, -0.2) is 42.1 Å². The molecule has 0 amide bonds. The number of halogens is 1. The second kappa shape index (κ2) is 7.50. The van der Waals surface area contributed by atoms with Crippen molar-refractivity contribution >= 4 is 29.2 Å². The minimum Gasteiger partial charge on any atom is -0.378 e. The van der Waals surface area contributed by atoms with Crippen LogP contribution in [0.1, 0.15) is 43.7 Å². The quantitative estimate of drug-likeness (QED) is 0.743. The van der Waals surface area contributed by atoms with Gasteiger partial charge in [0.25, 0.3) is 5.56 Å². The highest BCUT2D eigenvalue weighted by molar-refractivity contribution is 6.31. The number of hydrogen-bond donors (Lipinski definition) is 2. The number of carbonyl (C=O) groups is 1. The van der Waals surface area contributed by atoms with Gasteiger partial charge < -0.3 is 15.0 Å². The summed E-state index contributed by atoms with van der Waals surface area (Å²) in [4.78, 5) is 36.4. The van der Waals surface area contributed by atoms with Crippen molar-refractivity contribution in [2.75, 3.05) is 36.5 Å². The van der Waals surface area contributed by atoms with E-state index in [-0.39, 0.29) is 16.8 Å². The van der Waals surface area contributed by atoms with Gasteiger partial charge in [-0.15, -0.1) is 0 Å². The lowest BCUT2D eigenvalue weighted by molar-refractivity contribution is -0.118. The molecule has 162 valence electrons. The summed E-state index contributed by atoms with van der Waals surface area (Å²) in [6, 6.07) is 7.40. The maximum atomic E-state index is 13.4. The molecule has 1 aromatic heterocycles. The maximum absolute atomic E-state index is 13.4. The van der Waals surface area contributed by atoms with Crippen molar-refractivity contribution < 1.29 is 9.53 Å². The van der Waals surface area contributed by atoms with Gasteiger partial charge in [0, 0.05) is 41.7 Å². The first-order valence-electron chi connectivity index (χ1n) is 10.6. The number of anilines is 2. The van der Waals surface area contributed by atoms with Crippen molar-refractivity contribution in [2.45, 2.75) is 32.6 Å². The lowest BCUT2D eigenvalue weighted by Gasteiger charge is -2.39. The molecule has 1 atom stereocenters. The monoisotopic (exact) mass is 440 g/mol. The smallest absolute Gasteiger partial charge is 0.258 e. The minimum atomic E-state index is -0.543. The number of hydrogen-bond acceptors (Lipinski definition) is 6. The fourth-order valence-electron chi connectivity index (χ4n) is 4.85. The second-order valence-electron chi connectivity index (χ2n) is 9.16. The number of morpholine rings is 1. The molecule has 2 aliphatic heterocycles. The van der Waals surface area contributed by atoms with E-state index in [0.717, 1.165) is 11.3 Å². The molecule has 1 saturated heterocycles. The zero-order chi connectivity index (χ0) is 21.8. The molecule has 31 heavy (non-hydrogen) atoms. The standard InChI is InChI=1S/C23H25ClN4O3/c1-23(2)11-15-18(16(29)12-23)17(13-5-3-4-6-14(13)24)19-20(25-15)26-22(27-21(19)30)28-7-9-31-10-8-28/h3-6,17H,7-12H2,1-2H3,(H2,25,26,27,30). The normalized spacial score (nSPS) is 22.6. The van der Waals surface area contributed by atoms with Gasteiger partial charge in [-0.2, -0.15) is 4.98 Å². The number of Topliss-reactive ketones (excluding diaryl/α,β-unsaturated/α-hetero) is 1. The van der Waals surface area contributed by atoms with Crippen molar-refractivity contribution in [1.82, 2.24) is 9.97 Å². The zero-order valence-electron chi connectivity index (χ0n) is 17.6. The van der Waals surface area contributed by atoms with Crippen LogP contribution in [0.25, 0.3) is 0 Å². The first-order chi connectivity index (χ1) is 14.8. The number of aromatic nitrogens is 2. The van der Waals surface area contributed by atoms with Crippen molar-refractivity contribution in [2.24, 2.45) is 5.41 Å². The number of benzene rings is 1. The molecule has 2 aromatic rings. The fourth-order valence-corrected chi connectivity index (χ4v) is 5.09. The van der Waals surface area contributed by atoms with Crippen LogP contribution in [-0.2, 0) is 9.53 Å². The van der Waals surface area contributed by atoms with E-state index in [9.17, 15) is 9.59 Å². The summed E-state index contributed by atoms with van der Waals surface area (Å²) in [5, 5.41) is 3.88. The highest BCUT2D eigenvalue weighted by Gasteiger charge is 2.43. The van der Waals surface area contributed by atoms with Crippen molar-refractivity contribution in [3.8, 4) is 0 Å². The molecule has 7 nitrogen and oxygen atoms in total. The third kappa shape index (κ3) is 3.55. The molecule has 1 aromatic carbocycles. The SMILES string of the molecule is CC1(C)CC(=O)C2=C(C1)Nc1nc(N3CCOCC3)[nH]c(=O)c1C2c1ccccc1Cl. The van der Waals surface area contributed by atoms with E-state index in [2.05, 4.69) is 24.1 Å². The average Bonchev–Trinajstić information content (AvgIpc) is 2.72. The van der Waals surface area contributed by atoms with Gasteiger partial charge in [0.2, 0.25) is 5.95 Å².